The minimum Gasteiger partial charge on any atom is -0.481 e. The highest BCUT2D eigenvalue weighted by molar-refractivity contribution is 8.01. The van der Waals surface area contributed by atoms with Crippen molar-refractivity contribution in [3.8, 4) is 0 Å². The number of anilines is 2. The molecular weight excluding hydrogens is 319 g/mol. The second-order valence-corrected chi connectivity index (χ2v) is 5.84. The van der Waals surface area contributed by atoms with E-state index in [1.165, 1.54) is 24.3 Å². The largest absolute Gasteiger partial charge is 0.481 e. The average molecular weight is 328 g/mol. The molecule has 0 atom stereocenters. The summed E-state index contributed by atoms with van der Waals surface area (Å²) in [5, 5.41) is 21.1. The molecule has 110 valence electrons. The van der Waals surface area contributed by atoms with E-state index in [9.17, 15) is 14.0 Å². The van der Waals surface area contributed by atoms with E-state index in [1.54, 1.807) is 0 Å². The third-order valence-corrected chi connectivity index (χ3v) is 3.99. The Hall–Kier alpha value is -2.20. The monoisotopic (exact) mass is 328 g/mol. The Labute approximate surface area is 126 Å². The fraction of sp³-hybridized carbons (Fsp3) is 0.0909. The van der Waals surface area contributed by atoms with Gasteiger partial charge in [0.2, 0.25) is 5.13 Å². The van der Waals surface area contributed by atoms with Crippen LogP contribution in [-0.4, -0.2) is 33.1 Å². The van der Waals surface area contributed by atoms with Crippen LogP contribution in [0.4, 0.5) is 20.0 Å². The van der Waals surface area contributed by atoms with Crippen LogP contribution in [-0.2, 0) is 4.79 Å². The number of benzene rings is 1. The summed E-state index contributed by atoms with van der Waals surface area (Å²) in [5.74, 6) is -1.56. The quantitative estimate of drug-likeness (QED) is 0.575. The molecule has 0 fully saturated rings. The zero-order valence-electron chi connectivity index (χ0n) is 10.4. The number of halogens is 1. The molecule has 1 aromatic carbocycles. The second kappa shape index (κ2) is 6.99. The molecule has 0 bridgehead atoms. The van der Waals surface area contributed by atoms with E-state index in [4.69, 9.17) is 5.11 Å². The summed E-state index contributed by atoms with van der Waals surface area (Å²) in [7, 11) is 0. The fourth-order valence-corrected chi connectivity index (χ4v) is 2.74. The molecule has 0 unspecified atom stereocenters. The summed E-state index contributed by atoms with van der Waals surface area (Å²) in [6, 6.07) is 4.85. The van der Waals surface area contributed by atoms with Crippen molar-refractivity contribution in [2.45, 2.75) is 4.34 Å². The SMILES string of the molecule is O=C(O)CSc1nnc(NC(=O)Nc2cccc(F)c2)s1. The number of nitrogens with zero attached hydrogens (tertiary/aromatic N) is 2. The lowest BCUT2D eigenvalue weighted by molar-refractivity contribution is -0.133. The van der Waals surface area contributed by atoms with Gasteiger partial charge in [0.05, 0.1) is 5.75 Å². The summed E-state index contributed by atoms with van der Waals surface area (Å²) in [6.07, 6.45) is 0. The van der Waals surface area contributed by atoms with Gasteiger partial charge < -0.3 is 10.4 Å². The number of carboxylic acids is 1. The van der Waals surface area contributed by atoms with Crippen LogP contribution in [0.3, 0.4) is 0 Å². The molecule has 0 aliphatic carbocycles. The van der Waals surface area contributed by atoms with Gasteiger partial charge in [-0.05, 0) is 18.2 Å². The maximum absolute atomic E-state index is 13.0. The molecule has 7 nitrogen and oxygen atoms in total. The number of carbonyl (C=O) groups excluding carboxylic acids is 1. The van der Waals surface area contributed by atoms with Crippen molar-refractivity contribution in [2.24, 2.45) is 0 Å². The molecule has 3 N–H and O–H groups in total. The number of hydrogen-bond donors (Lipinski definition) is 3. The number of aromatic nitrogens is 2. The smallest absolute Gasteiger partial charge is 0.325 e. The maximum atomic E-state index is 13.0. The molecule has 10 heteroatoms. The minimum atomic E-state index is -0.964. The Kier molecular flexibility index (Phi) is 5.06. The summed E-state index contributed by atoms with van der Waals surface area (Å²) in [4.78, 5) is 22.1. The molecule has 1 heterocycles. The van der Waals surface area contributed by atoms with Gasteiger partial charge in [0.1, 0.15) is 5.82 Å². The molecule has 0 spiro atoms. The van der Waals surface area contributed by atoms with Gasteiger partial charge in [0.25, 0.3) is 0 Å². The first kappa shape index (κ1) is 15.2. The van der Waals surface area contributed by atoms with Crippen molar-refractivity contribution in [1.82, 2.24) is 10.2 Å². The third-order valence-electron chi connectivity index (χ3n) is 2.03. The van der Waals surface area contributed by atoms with E-state index >= 15 is 0 Å². The van der Waals surface area contributed by atoms with Gasteiger partial charge in [-0.15, -0.1) is 10.2 Å². The van der Waals surface area contributed by atoms with Crippen LogP contribution in [0.2, 0.25) is 0 Å². The van der Waals surface area contributed by atoms with E-state index < -0.39 is 17.8 Å². The Morgan fingerprint density at radius 1 is 1.33 bits per heavy atom. The third kappa shape index (κ3) is 5.00. The molecule has 2 aromatic rings. The van der Waals surface area contributed by atoms with Crippen molar-refractivity contribution in [2.75, 3.05) is 16.4 Å². The van der Waals surface area contributed by atoms with Gasteiger partial charge in [-0.25, -0.2) is 9.18 Å². The summed E-state index contributed by atoms with van der Waals surface area (Å²) in [6.45, 7) is 0. The van der Waals surface area contributed by atoms with Crippen LogP contribution >= 0.6 is 23.1 Å². The van der Waals surface area contributed by atoms with Crippen molar-refractivity contribution in [1.29, 1.82) is 0 Å². The first-order chi connectivity index (χ1) is 10.0. The average Bonchev–Trinajstić information content (AvgIpc) is 2.83. The second-order valence-electron chi connectivity index (χ2n) is 3.65. The predicted molar refractivity (Wildman–Crippen MR) is 77.3 cm³/mol. The zero-order chi connectivity index (χ0) is 15.2. The van der Waals surface area contributed by atoms with Gasteiger partial charge in [-0.1, -0.05) is 29.2 Å². The van der Waals surface area contributed by atoms with Crippen LogP contribution in [0.5, 0.6) is 0 Å². The number of carboxylic acid groups (broad SMARTS) is 1. The normalized spacial score (nSPS) is 10.1. The molecular formula is C11H9FN4O3S2. The van der Waals surface area contributed by atoms with Crippen LogP contribution in [0.25, 0.3) is 0 Å². The van der Waals surface area contributed by atoms with E-state index in [0.717, 1.165) is 23.1 Å². The van der Waals surface area contributed by atoms with Gasteiger partial charge in [-0.2, -0.15) is 0 Å². The maximum Gasteiger partial charge on any atom is 0.325 e. The Morgan fingerprint density at radius 2 is 2.14 bits per heavy atom. The molecule has 2 amide bonds. The van der Waals surface area contributed by atoms with Crippen LogP contribution in [0, 0.1) is 5.82 Å². The van der Waals surface area contributed by atoms with Crippen LogP contribution < -0.4 is 10.6 Å². The topological polar surface area (TPSA) is 104 Å². The van der Waals surface area contributed by atoms with Crippen LogP contribution in [0.1, 0.15) is 0 Å². The molecule has 0 saturated carbocycles. The summed E-state index contributed by atoms with van der Waals surface area (Å²) >= 11 is 2.05. The van der Waals surface area contributed by atoms with Crippen molar-refractivity contribution in [3.63, 3.8) is 0 Å². The number of rotatable bonds is 5. The van der Waals surface area contributed by atoms with E-state index in [0.29, 0.717) is 10.0 Å². The molecule has 0 aliphatic heterocycles. The Morgan fingerprint density at radius 3 is 2.86 bits per heavy atom. The molecule has 21 heavy (non-hydrogen) atoms. The van der Waals surface area contributed by atoms with Gasteiger partial charge >= 0.3 is 12.0 Å². The molecule has 0 saturated heterocycles. The number of thioether (sulfide) groups is 1. The number of aliphatic carboxylic acids is 1. The Balaban J connectivity index is 1.89. The van der Waals surface area contributed by atoms with Crippen molar-refractivity contribution >= 4 is 45.9 Å². The van der Waals surface area contributed by atoms with E-state index in [2.05, 4.69) is 20.8 Å². The molecule has 0 aliphatic rings. The molecule has 1 aromatic heterocycles. The number of amides is 2. The van der Waals surface area contributed by atoms with Crippen molar-refractivity contribution in [3.05, 3.63) is 30.1 Å². The number of urea groups is 1. The lowest BCUT2D eigenvalue weighted by atomic mass is 10.3. The molecule has 2 rings (SSSR count). The predicted octanol–water partition coefficient (Wildman–Crippen LogP) is 2.50. The standard InChI is InChI=1S/C11H9FN4O3S2/c12-6-2-1-3-7(4-6)13-9(19)14-10-15-16-11(21-10)20-5-8(17)18/h1-4H,5H2,(H,17,18)(H2,13,14,15,19). The van der Waals surface area contributed by atoms with Gasteiger partial charge in [0, 0.05) is 5.69 Å². The summed E-state index contributed by atoms with van der Waals surface area (Å²) < 4.78 is 13.4. The minimum absolute atomic E-state index is 0.135. The summed E-state index contributed by atoms with van der Waals surface area (Å²) in [5.41, 5.74) is 0.303. The van der Waals surface area contributed by atoms with Gasteiger partial charge in [-0.3, -0.25) is 10.1 Å². The van der Waals surface area contributed by atoms with E-state index in [1.807, 2.05) is 0 Å². The van der Waals surface area contributed by atoms with Gasteiger partial charge in [0.15, 0.2) is 4.34 Å². The number of nitrogens with one attached hydrogen (secondary N) is 2. The lowest BCUT2D eigenvalue weighted by Gasteiger charge is -2.04. The first-order valence-corrected chi connectivity index (χ1v) is 7.35. The lowest BCUT2D eigenvalue weighted by Crippen LogP contribution is -2.19. The highest BCUT2D eigenvalue weighted by atomic mass is 32.2. The highest BCUT2D eigenvalue weighted by Crippen LogP contribution is 2.25. The number of carbonyl (C=O) groups is 2. The first-order valence-electron chi connectivity index (χ1n) is 5.54. The van der Waals surface area contributed by atoms with Crippen LogP contribution in [0.15, 0.2) is 28.6 Å². The zero-order valence-corrected chi connectivity index (χ0v) is 12.0. The van der Waals surface area contributed by atoms with Crippen molar-refractivity contribution < 1.29 is 19.1 Å². The Bertz CT molecular complexity index is 664. The molecule has 0 radical (unpaired) electrons. The number of hydrogen-bond acceptors (Lipinski definition) is 6. The van der Waals surface area contributed by atoms with E-state index in [-0.39, 0.29) is 10.9 Å². The fourth-order valence-electron chi connectivity index (χ4n) is 1.27. The highest BCUT2D eigenvalue weighted by Gasteiger charge is 2.10.